The third kappa shape index (κ3) is 2.27. The second-order valence-electron chi connectivity index (χ2n) is 4.46. The van der Waals surface area contributed by atoms with Crippen molar-refractivity contribution in [3.63, 3.8) is 0 Å². The van der Waals surface area contributed by atoms with Crippen LogP contribution in [0, 0.1) is 0 Å². The van der Waals surface area contributed by atoms with Crippen LogP contribution in [0.15, 0.2) is 36.5 Å². The molecule has 1 aliphatic heterocycles. The number of aromatic nitrogens is 1. The lowest BCUT2D eigenvalue weighted by Crippen LogP contribution is -2.35. The van der Waals surface area contributed by atoms with Gasteiger partial charge >= 0.3 is 0 Å². The summed E-state index contributed by atoms with van der Waals surface area (Å²) in [6.07, 6.45) is 1.99. The van der Waals surface area contributed by atoms with Crippen LogP contribution in [0.2, 0.25) is 0 Å². The van der Waals surface area contributed by atoms with Crippen LogP contribution in [0.4, 0.5) is 5.69 Å². The molecule has 0 bridgehead atoms. The number of carbonyl (C=O) groups excluding carboxylic acids is 2. The van der Waals surface area contributed by atoms with Gasteiger partial charge in [-0.25, -0.2) is 0 Å². The molecule has 1 fully saturated rings. The summed E-state index contributed by atoms with van der Waals surface area (Å²) < 4.78 is 0. The molecule has 0 spiro atoms. The Kier molecular flexibility index (Phi) is 2.87. The molecule has 5 heteroatoms. The Morgan fingerprint density at radius 1 is 1.21 bits per heavy atom. The summed E-state index contributed by atoms with van der Waals surface area (Å²) in [5.41, 5.74) is 1.63. The van der Waals surface area contributed by atoms with Crippen molar-refractivity contribution >= 4 is 28.4 Å². The van der Waals surface area contributed by atoms with Crippen molar-refractivity contribution in [2.75, 3.05) is 18.0 Å². The van der Waals surface area contributed by atoms with Gasteiger partial charge in [0.1, 0.15) is 0 Å². The van der Waals surface area contributed by atoms with E-state index in [0.29, 0.717) is 13.0 Å². The normalized spacial score (nSPS) is 16.3. The molecule has 0 saturated carbocycles. The third-order valence-corrected chi connectivity index (χ3v) is 3.19. The number of anilines is 1. The highest BCUT2D eigenvalue weighted by molar-refractivity contribution is 5.99. The molecule has 96 valence electrons. The van der Waals surface area contributed by atoms with Crippen molar-refractivity contribution in [1.29, 1.82) is 0 Å². The van der Waals surface area contributed by atoms with E-state index in [0.717, 1.165) is 16.6 Å². The van der Waals surface area contributed by atoms with Crippen molar-refractivity contribution < 1.29 is 9.59 Å². The van der Waals surface area contributed by atoms with Crippen LogP contribution in [0.3, 0.4) is 0 Å². The predicted octanol–water partition coefficient (Wildman–Crippen LogP) is 1.09. The molecule has 0 atom stereocenters. The quantitative estimate of drug-likeness (QED) is 0.829. The first-order valence-corrected chi connectivity index (χ1v) is 6.16. The van der Waals surface area contributed by atoms with Gasteiger partial charge in [-0.05, 0) is 12.1 Å². The average molecular weight is 255 g/mol. The lowest BCUT2D eigenvalue weighted by Gasteiger charge is -2.19. The zero-order valence-electron chi connectivity index (χ0n) is 10.3. The minimum atomic E-state index is -0.108. The van der Waals surface area contributed by atoms with E-state index in [-0.39, 0.29) is 18.4 Å². The van der Waals surface area contributed by atoms with Crippen LogP contribution in [-0.2, 0) is 9.59 Å². The highest BCUT2D eigenvalue weighted by Crippen LogP contribution is 2.20. The van der Waals surface area contributed by atoms with Gasteiger partial charge in [0.05, 0.1) is 23.9 Å². The van der Waals surface area contributed by atoms with E-state index < -0.39 is 0 Å². The third-order valence-electron chi connectivity index (χ3n) is 3.19. The van der Waals surface area contributed by atoms with E-state index >= 15 is 0 Å². The van der Waals surface area contributed by atoms with E-state index in [1.54, 1.807) is 11.1 Å². The minimum absolute atomic E-state index is 0.0473. The summed E-state index contributed by atoms with van der Waals surface area (Å²) in [5.74, 6) is -0.201. The molecule has 2 aromatic rings. The molecule has 0 aliphatic carbocycles. The maximum absolute atomic E-state index is 12.0. The fourth-order valence-electron chi connectivity index (χ4n) is 2.18. The molecule has 0 radical (unpaired) electrons. The summed E-state index contributed by atoms with van der Waals surface area (Å²) in [7, 11) is 0. The molecule has 0 unspecified atom stereocenters. The molecule has 2 heterocycles. The van der Waals surface area contributed by atoms with Crippen LogP contribution >= 0.6 is 0 Å². The number of nitrogens with one attached hydrogen (secondary N) is 1. The minimum Gasteiger partial charge on any atom is -0.347 e. The Bertz CT molecular complexity index is 654. The smallest absolute Gasteiger partial charge is 0.246 e. The molecule has 2 amide bonds. The van der Waals surface area contributed by atoms with Crippen LogP contribution < -0.4 is 10.2 Å². The topological polar surface area (TPSA) is 62.3 Å². The largest absolute Gasteiger partial charge is 0.347 e. The zero-order chi connectivity index (χ0) is 13.2. The summed E-state index contributed by atoms with van der Waals surface area (Å²) in [6, 6.07) is 9.67. The predicted molar refractivity (Wildman–Crippen MR) is 71.7 cm³/mol. The first-order valence-electron chi connectivity index (χ1n) is 6.16. The fourth-order valence-corrected chi connectivity index (χ4v) is 2.18. The van der Waals surface area contributed by atoms with Gasteiger partial charge in [-0.3, -0.25) is 14.6 Å². The van der Waals surface area contributed by atoms with Crippen molar-refractivity contribution in [3.8, 4) is 0 Å². The van der Waals surface area contributed by atoms with Crippen LogP contribution in [-0.4, -0.2) is 29.9 Å². The van der Waals surface area contributed by atoms with Gasteiger partial charge in [0.2, 0.25) is 11.8 Å². The summed E-state index contributed by atoms with van der Waals surface area (Å²) in [6.45, 7) is 0.441. The van der Waals surface area contributed by atoms with Crippen LogP contribution in [0.1, 0.15) is 6.42 Å². The summed E-state index contributed by atoms with van der Waals surface area (Å²) in [4.78, 5) is 29.2. The van der Waals surface area contributed by atoms with Gasteiger partial charge in [0.15, 0.2) is 0 Å². The Morgan fingerprint density at radius 2 is 2.05 bits per heavy atom. The maximum Gasteiger partial charge on any atom is 0.246 e. The molecule has 1 aliphatic rings. The molecular formula is C14H13N3O2. The van der Waals surface area contributed by atoms with E-state index in [4.69, 9.17) is 0 Å². The summed E-state index contributed by atoms with van der Waals surface area (Å²) >= 11 is 0. The Labute approximate surface area is 110 Å². The number of hydrogen-bond acceptors (Lipinski definition) is 3. The Hall–Kier alpha value is -2.43. The highest BCUT2D eigenvalue weighted by atomic mass is 16.2. The van der Waals surface area contributed by atoms with E-state index in [2.05, 4.69) is 10.3 Å². The summed E-state index contributed by atoms with van der Waals surface area (Å²) in [5, 5.41) is 3.56. The standard InChI is InChI=1S/C14H13N3O2/c18-13-5-6-17(14(19)9-16-13)11-7-10-3-1-2-4-12(10)15-8-11/h1-4,7-8H,5-6,9H2,(H,16,18). The monoisotopic (exact) mass is 255 g/mol. The lowest BCUT2D eigenvalue weighted by molar-refractivity contribution is -0.123. The molecule has 1 aromatic heterocycles. The number of carbonyl (C=O) groups is 2. The van der Waals surface area contributed by atoms with Crippen LogP contribution in [0.25, 0.3) is 10.9 Å². The van der Waals surface area contributed by atoms with Crippen molar-refractivity contribution in [2.24, 2.45) is 0 Å². The van der Waals surface area contributed by atoms with E-state index in [1.807, 2.05) is 30.3 Å². The van der Waals surface area contributed by atoms with Crippen molar-refractivity contribution in [2.45, 2.75) is 6.42 Å². The van der Waals surface area contributed by atoms with Gasteiger partial charge in [0.25, 0.3) is 0 Å². The number of para-hydroxylation sites is 1. The van der Waals surface area contributed by atoms with E-state index in [9.17, 15) is 9.59 Å². The van der Waals surface area contributed by atoms with Crippen molar-refractivity contribution in [1.82, 2.24) is 10.3 Å². The first-order chi connectivity index (χ1) is 9.24. The molecule has 19 heavy (non-hydrogen) atoms. The number of nitrogens with zero attached hydrogens (tertiary/aromatic N) is 2. The van der Waals surface area contributed by atoms with Gasteiger partial charge in [-0.15, -0.1) is 0 Å². The Morgan fingerprint density at radius 3 is 2.95 bits per heavy atom. The second kappa shape index (κ2) is 4.68. The number of amides is 2. The number of hydrogen-bond donors (Lipinski definition) is 1. The first kappa shape index (κ1) is 11.6. The number of rotatable bonds is 1. The lowest BCUT2D eigenvalue weighted by atomic mass is 10.2. The fraction of sp³-hybridized carbons (Fsp3) is 0.214. The average Bonchev–Trinajstić information content (AvgIpc) is 2.61. The highest BCUT2D eigenvalue weighted by Gasteiger charge is 2.21. The number of fused-ring (bicyclic) bond motifs is 1. The molecule has 5 nitrogen and oxygen atoms in total. The second-order valence-corrected chi connectivity index (χ2v) is 4.46. The van der Waals surface area contributed by atoms with Crippen LogP contribution in [0.5, 0.6) is 0 Å². The van der Waals surface area contributed by atoms with Crippen molar-refractivity contribution in [3.05, 3.63) is 36.5 Å². The number of pyridine rings is 1. The molecule has 1 saturated heterocycles. The molecular weight excluding hydrogens is 242 g/mol. The van der Waals surface area contributed by atoms with Gasteiger partial charge in [0, 0.05) is 18.4 Å². The van der Waals surface area contributed by atoms with Gasteiger partial charge in [-0.2, -0.15) is 0 Å². The SMILES string of the molecule is O=C1CCN(c2cnc3ccccc3c2)C(=O)CN1. The number of benzene rings is 1. The molecule has 1 N–H and O–H groups in total. The van der Waals surface area contributed by atoms with Gasteiger partial charge < -0.3 is 10.2 Å². The van der Waals surface area contributed by atoms with Gasteiger partial charge in [-0.1, -0.05) is 18.2 Å². The maximum atomic E-state index is 12.0. The zero-order valence-corrected chi connectivity index (χ0v) is 10.3. The van der Waals surface area contributed by atoms with E-state index in [1.165, 1.54) is 0 Å². The molecule has 1 aromatic carbocycles. The Balaban J connectivity index is 1.98. The molecule has 3 rings (SSSR count).